The van der Waals surface area contributed by atoms with Crippen molar-refractivity contribution in [3.8, 4) is 6.07 Å². The Labute approximate surface area is 114 Å². The van der Waals surface area contributed by atoms with Crippen LogP contribution in [0.4, 0.5) is 20.2 Å². The van der Waals surface area contributed by atoms with Gasteiger partial charge in [-0.1, -0.05) is 17.7 Å². The van der Waals surface area contributed by atoms with E-state index in [1.165, 1.54) is 0 Å². The van der Waals surface area contributed by atoms with Crippen LogP contribution >= 0.6 is 11.6 Å². The number of nitriles is 1. The first-order chi connectivity index (χ1) is 9.01. The number of nitrogens with zero attached hydrogens (tertiary/aromatic N) is 1. The van der Waals surface area contributed by atoms with Gasteiger partial charge >= 0.3 is 0 Å². The van der Waals surface area contributed by atoms with Gasteiger partial charge in [-0.25, -0.2) is 8.78 Å². The van der Waals surface area contributed by atoms with Gasteiger partial charge in [0.05, 0.1) is 22.3 Å². The van der Waals surface area contributed by atoms with Gasteiger partial charge in [0.25, 0.3) is 0 Å². The Kier molecular flexibility index (Phi) is 3.68. The van der Waals surface area contributed by atoms with Gasteiger partial charge in [0.15, 0.2) is 11.6 Å². The minimum Gasteiger partial charge on any atom is -0.350 e. The number of aryl methyl sites for hydroxylation is 1. The van der Waals surface area contributed by atoms with Crippen LogP contribution in [0.2, 0.25) is 5.02 Å². The third kappa shape index (κ3) is 2.83. The van der Waals surface area contributed by atoms with Gasteiger partial charge < -0.3 is 5.32 Å². The van der Waals surface area contributed by atoms with Crippen molar-refractivity contribution in [1.29, 1.82) is 5.26 Å². The quantitative estimate of drug-likeness (QED) is 0.875. The van der Waals surface area contributed by atoms with Crippen LogP contribution in [0, 0.1) is 29.9 Å². The Morgan fingerprint density at radius 1 is 1.16 bits per heavy atom. The van der Waals surface area contributed by atoms with Crippen LogP contribution in [0.15, 0.2) is 30.3 Å². The maximum atomic E-state index is 13.7. The van der Waals surface area contributed by atoms with E-state index in [9.17, 15) is 8.78 Å². The fourth-order valence-electron chi connectivity index (χ4n) is 1.63. The van der Waals surface area contributed by atoms with E-state index in [0.29, 0.717) is 10.7 Å². The molecule has 2 nitrogen and oxygen atoms in total. The van der Waals surface area contributed by atoms with Crippen LogP contribution in [0.3, 0.4) is 0 Å². The van der Waals surface area contributed by atoms with E-state index < -0.39 is 11.6 Å². The van der Waals surface area contributed by atoms with E-state index in [1.807, 2.05) is 6.92 Å². The molecular weight excluding hydrogens is 270 g/mol. The van der Waals surface area contributed by atoms with Crippen LogP contribution in [-0.4, -0.2) is 0 Å². The van der Waals surface area contributed by atoms with Gasteiger partial charge in [0, 0.05) is 0 Å². The first-order valence-corrected chi connectivity index (χ1v) is 5.81. The standard InChI is InChI=1S/C14H9ClF2N2/c1-8-2-3-10(15)13(4-8)19-14-11(16)5-9(7-18)6-12(14)17/h2-6,19H,1H3. The molecule has 0 aliphatic heterocycles. The lowest BCUT2D eigenvalue weighted by molar-refractivity contribution is 0.590. The van der Waals surface area contributed by atoms with Crippen LogP contribution < -0.4 is 5.32 Å². The second-order valence-electron chi connectivity index (χ2n) is 4.03. The van der Waals surface area contributed by atoms with E-state index in [2.05, 4.69) is 5.32 Å². The largest absolute Gasteiger partial charge is 0.350 e. The monoisotopic (exact) mass is 278 g/mol. The molecule has 0 heterocycles. The number of halogens is 3. The fraction of sp³-hybridized carbons (Fsp3) is 0.0714. The molecular formula is C14H9ClF2N2. The lowest BCUT2D eigenvalue weighted by Crippen LogP contribution is -1.99. The second kappa shape index (κ2) is 5.25. The van der Waals surface area contributed by atoms with Crippen LogP contribution in [-0.2, 0) is 0 Å². The summed E-state index contributed by atoms with van der Waals surface area (Å²) < 4.78 is 27.4. The second-order valence-corrected chi connectivity index (χ2v) is 4.44. The minimum absolute atomic E-state index is 0.0733. The summed E-state index contributed by atoms with van der Waals surface area (Å²) in [6.45, 7) is 1.84. The van der Waals surface area contributed by atoms with E-state index in [0.717, 1.165) is 17.7 Å². The lowest BCUT2D eigenvalue weighted by atomic mass is 10.1. The molecule has 0 unspecified atom stereocenters. The average molecular weight is 279 g/mol. The molecule has 0 amide bonds. The zero-order valence-corrected chi connectivity index (χ0v) is 10.7. The highest BCUT2D eigenvalue weighted by Crippen LogP contribution is 2.29. The molecule has 0 fully saturated rings. The molecule has 96 valence electrons. The Bertz CT molecular complexity index is 655. The van der Waals surface area contributed by atoms with Gasteiger partial charge in [-0.2, -0.15) is 5.26 Å². The maximum Gasteiger partial charge on any atom is 0.150 e. The predicted octanol–water partition coefficient (Wildman–Crippen LogP) is 4.54. The molecule has 0 bridgehead atoms. The molecule has 2 aromatic carbocycles. The van der Waals surface area contributed by atoms with Crippen molar-refractivity contribution < 1.29 is 8.78 Å². The van der Waals surface area contributed by atoms with E-state index in [-0.39, 0.29) is 11.3 Å². The molecule has 2 rings (SSSR count). The zero-order chi connectivity index (χ0) is 14.0. The number of benzene rings is 2. The summed E-state index contributed by atoms with van der Waals surface area (Å²) in [6, 6.07) is 8.73. The van der Waals surface area contributed by atoms with Gasteiger partial charge in [0.2, 0.25) is 0 Å². The lowest BCUT2D eigenvalue weighted by Gasteiger charge is -2.11. The molecule has 19 heavy (non-hydrogen) atoms. The summed E-state index contributed by atoms with van der Waals surface area (Å²) in [5.41, 5.74) is 0.910. The maximum absolute atomic E-state index is 13.7. The molecule has 1 N–H and O–H groups in total. The van der Waals surface area contributed by atoms with Crippen molar-refractivity contribution in [3.05, 3.63) is 58.1 Å². The van der Waals surface area contributed by atoms with Crippen molar-refractivity contribution in [2.75, 3.05) is 5.32 Å². The van der Waals surface area contributed by atoms with Crippen LogP contribution in [0.1, 0.15) is 11.1 Å². The zero-order valence-electron chi connectivity index (χ0n) is 9.97. The minimum atomic E-state index is -0.839. The molecule has 0 radical (unpaired) electrons. The molecule has 0 aromatic heterocycles. The molecule has 2 aromatic rings. The first-order valence-electron chi connectivity index (χ1n) is 5.43. The topological polar surface area (TPSA) is 35.8 Å². The van der Waals surface area contributed by atoms with Crippen molar-refractivity contribution in [2.45, 2.75) is 6.92 Å². The normalized spacial score (nSPS) is 10.1. The summed E-state index contributed by atoms with van der Waals surface area (Å²) in [6.07, 6.45) is 0. The smallest absolute Gasteiger partial charge is 0.150 e. The number of hydrogen-bond acceptors (Lipinski definition) is 2. The van der Waals surface area contributed by atoms with E-state index in [1.54, 1.807) is 24.3 Å². The number of hydrogen-bond donors (Lipinski definition) is 1. The highest BCUT2D eigenvalue weighted by atomic mass is 35.5. The van der Waals surface area contributed by atoms with Gasteiger partial charge in [-0.3, -0.25) is 0 Å². The van der Waals surface area contributed by atoms with Crippen molar-refractivity contribution in [3.63, 3.8) is 0 Å². The molecule has 0 saturated carbocycles. The molecule has 0 aliphatic carbocycles. The highest BCUT2D eigenvalue weighted by Gasteiger charge is 2.12. The van der Waals surface area contributed by atoms with Crippen molar-refractivity contribution >= 4 is 23.0 Å². The SMILES string of the molecule is Cc1ccc(Cl)c(Nc2c(F)cc(C#N)cc2F)c1. The van der Waals surface area contributed by atoms with Crippen molar-refractivity contribution in [2.24, 2.45) is 0 Å². The van der Waals surface area contributed by atoms with E-state index in [4.69, 9.17) is 16.9 Å². The summed E-state index contributed by atoms with van der Waals surface area (Å²) >= 11 is 5.95. The molecule has 0 saturated heterocycles. The third-order valence-corrected chi connectivity index (χ3v) is 2.88. The summed E-state index contributed by atoms with van der Waals surface area (Å²) in [7, 11) is 0. The molecule has 0 aliphatic rings. The first kappa shape index (κ1) is 13.3. The Morgan fingerprint density at radius 3 is 2.37 bits per heavy atom. The third-order valence-electron chi connectivity index (χ3n) is 2.55. The Balaban J connectivity index is 2.44. The van der Waals surface area contributed by atoms with Gasteiger partial charge in [-0.15, -0.1) is 0 Å². The Morgan fingerprint density at radius 2 is 1.79 bits per heavy atom. The summed E-state index contributed by atoms with van der Waals surface area (Å²) in [5, 5.41) is 11.6. The van der Waals surface area contributed by atoms with Crippen molar-refractivity contribution in [1.82, 2.24) is 0 Å². The highest BCUT2D eigenvalue weighted by molar-refractivity contribution is 6.33. The fourth-order valence-corrected chi connectivity index (χ4v) is 1.79. The predicted molar refractivity (Wildman–Crippen MR) is 70.5 cm³/mol. The van der Waals surface area contributed by atoms with Gasteiger partial charge in [0.1, 0.15) is 5.69 Å². The average Bonchev–Trinajstić information content (AvgIpc) is 2.37. The molecule has 0 atom stereocenters. The molecule has 0 spiro atoms. The van der Waals surface area contributed by atoms with Crippen LogP contribution in [0.5, 0.6) is 0 Å². The molecule has 5 heteroatoms. The number of anilines is 2. The number of nitrogens with one attached hydrogen (secondary N) is 1. The Hall–Kier alpha value is -2.12. The van der Waals surface area contributed by atoms with Crippen LogP contribution in [0.25, 0.3) is 0 Å². The summed E-state index contributed by atoms with van der Waals surface area (Å²) in [4.78, 5) is 0. The summed E-state index contributed by atoms with van der Waals surface area (Å²) in [5.74, 6) is -1.68. The number of rotatable bonds is 2. The van der Waals surface area contributed by atoms with E-state index >= 15 is 0 Å². The van der Waals surface area contributed by atoms with Gasteiger partial charge in [-0.05, 0) is 36.8 Å².